The van der Waals surface area contributed by atoms with Crippen molar-refractivity contribution in [2.24, 2.45) is 5.92 Å². The Morgan fingerprint density at radius 1 is 1.17 bits per heavy atom. The van der Waals surface area contributed by atoms with E-state index in [1.807, 2.05) is 17.9 Å². The molecule has 2 fully saturated rings. The molecule has 0 unspecified atom stereocenters. The fraction of sp³-hybridized carbons (Fsp3) is 0.458. The molecular formula is C24H28FN3O2. The molecule has 2 aliphatic rings. The van der Waals surface area contributed by atoms with E-state index in [0.717, 1.165) is 35.4 Å². The molecule has 2 aliphatic heterocycles. The van der Waals surface area contributed by atoms with Crippen molar-refractivity contribution in [3.63, 3.8) is 0 Å². The smallest absolute Gasteiger partial charge is 0.227 e. The number of aromatic nitrogens is 1. The first kappa shape index (κ1) is 20.5. The van der Waals surface area contributed by atoms with E-state index in [2.05, 4.69) is 12.1 Å². The van der Waals surface area contributed by atoms with Crippen LogP contribution in [0.2, 0.25) is 0 Å². The lowest BCUT2D eigenvalue weighted by Gasteiger charge is -2.33. The maximum Gasteiger partial charge on any atom is 0.227 e. The number of halogens is 1. The zero-order valence-corrected chi connectivity index (χ0v) is 17.6. The Balaban J connectivity index is 1.40. The van der Waals surface area contributed by atoms with Crippen LogP contribution in [0.5, 0.6) is 0 Å². The normalized spacial score (nSPS) is 20.1. The van der Waals surface area contributed by atoms with Crippen LogP contribution in [-0.4, -0.2) is 53.3 Å². The fourth-order valence-corrected chi connectivity index (χ4v) is 4.64. The summed E-state index contributed by atoms with van der Waals surface area (Å²) in [5, 5.41) is 0. The van der Waals surface area contributed by atoms with Crippen molar-refractivity contribution in [2.75, 3.05) is 26.7 Å². The number of carbonyl (C=O) groups excluding carboxylic acids is 2. The van der Waals surface area contributed by atoms with E-state index >= 15 is 0 Å². The van der Waals surface area contributed by atoms with Crippen molar-refractivity contribution >= 4 is 11.8 Å². The second-order valence-electron chi connectivity index (χ2n) is 8.62. The lowest BCUT2D eigenvalue weighted by atomic mass is 9.90. The first-order valence-electron chi connectivity index (χ1n) is 10.6. The van der Waals surface area contributed by atoms with Gasteiger partial charge in [-0.05, 0) is 61.6 Å². The minimum Gasteiger partial charge on any atom is -0.345 e. The molecule has 158 valence electrons. The predicted molar refractivity (Wildman–Crippen MR) is 112 cm³/mol. The highest BCUT2D eigenvalue weighted by Crippen LogP contribution is 2.30. The highest BCUT2D eigenvalue weighted by Gasteiger charge is 2.36. The number of likely N-dealkylation sites (tertiary alicyclic amines) is 2. The van der Waals surface area contributed by atoms with Crippen molar-refractivity contribution in [1.29, 1.82) is 0 Å². The molecule has 6 heteroatoms. The summed E-state index contributed by atoms with van der Waals surface area (Å²) >= 11 is 0. The fourth-order valence-electron chi connectivity index (χ4n) is 4.64. The van der Waals surface area contributed by atoms with E-state index in [4.69, 9.17) is 4.98 Å². The van der Waals surface area contributed by atoms with Gasteiger partial charge in [-0.25, -0.2) is 4.39 Å². The van der Waals surface area contributed by atoms with Gasteiger partial charge >= 0.3 is 0 Å². The van der Waals surface area contributed by atoms with E-state index in [9.17, 15) is 14.0 Å². The molecule has 1 aromatic heterocycles. The van der Waals surface area contributed by atoms with Gasteiger partial charge in [-0.2, -0.15) is 0 Å². The summed E-state index contributed by atoms with van der Waals surface area (Å²) in [6, 6.07) is 10.9. The number of piperidine rings is 1. The van der Waals surface area contributed by atoms with Crippen LogP contribution in [0.15, 0.2) is 36.4 Å². The molecule has 0 bridgehead atoms. The van der Waals surface area contributed by atoms with Gasteiger partial charge in [0.05, 0.1) is 5.92 Å². The average Bonchev–Trinajstić information content (AvgIpc) is 3.05. The summed E-state index contributed by atoms with van der Waals surface area (Å²) in [4.78, 5) is 32.8. The summed E-state index contributed by atoms with van der Waals surface area (Å²) < 4.78 is 13.5. The number of benzene rings is 1. The van der Waals surface area contributed by atoms with Crippen LogP contribution in [-0.2, 0) is 16.0 Å². The largest absolute Gasteiger partial charge is 0.345 e. The van der Waals surface area contributed by atoms with Crippen molar-refractivity contribution in [3.8, 4) is 0 Å². The number of aryl methyl sites for hydroxylation is 1. The van der Waals surface area contributed by atoms with Gasteiger partial charge < -0.3 is 9.80 Å². The molecule has 2 saturated heterocycles. The Labute approximate surface area is 176 Å². The second kappa shape index (κ2) is 8.54. The number of carbonyl (C=O) groups is 2. The van der Waals surface area contributed by atoms with Crippen LogP contribution in [0.3, 0.4) is 0 Å². The van der Waals surface area contributed by atoms with Gasteiger partial charge in [0, 0.05) is 50.4 Å². The van der Waals surface area contributed by atoms with E-state index in [1.165, 1.54) is 6.07 Å². The van der Waals surface area contributed by atoms with Crippen LogP contribution >= 0.6 is 0 Å². The third-order valence-corrected chi connectivity index (χ3v) is 6.25. The number of pyridine rings is 1. The molecule has 1 atom stereocenters. The molecule has 4 rings (SSSR count). The molecule has 0 N–H and O–H groups in total. The van der Waals surface area contributed by atoms with Crippen LogP contribution in [0.4, 0.5) is 4.39 Å². The number of nitrogens with zero attached hydrogens (tertiary/aromatic N) is 3. The zero-order chi connectivity index (χ0) is 21.3. The van der Waals surface area contributed by atoms with Crippen molar-refractivity contribution in [1.82, 2.24) is 14.8 Å². The molecule has 5 nitrogen and oxygen atoms in total. The van der Waals surface area contributed by atoms with Gasteiger partial charge in [0.1, 0.15) is 5.82 Å². The number of amides is 2. The van der Waals surface area contributed by atoms with Gasteiger partial charge in [0.15, 0.2) is 0 Å². The molecule has 0 radical (unpaired) electrons. The van der Waals surface area contributed by atoms with Crippen LogP contribution in [0.1, 0.15) is 47.7 Å². The number of hydrogen-bond donors (Lipinski definition) is 0. The first-order valence-corrected chi connectivity index (χ1v) is 10.6. The molecule has 3 heterocycles. The van der Waals surface area contributed by atoms with Crippen LogP contribution in [0.25, 0.3) is 0 Å². The Morgan fingerprint density at radius 2 is 1.93 bits per heavy atom. The summed E-state index contributed by atoms with van der Waals surface area (Å²) in [7, 11) is 1.76. The highest BCUT2D eigenvalue weighted by molar-refractivity contribution is 5.89. The number of rotatable bonds is 4. The van der Waals surface area contributed by atoms with E-state index in [0.29, 0.717) is 38.4 Å². The van der Waals surface area contributed by atoms with E-state index < -0.39 is 0 Å². The van der Waals surface area contributed by atoms with Gasteiger partial charge in [0.2, 0.25) is 11.8 Å². The van der Waals surface area contributed by atoms with Crippen molar-refractivity contribution in [3.05, 3.63) is 64.7 Å². The molecule has 0 spiro atoms. The minimum atomic E-state index is -0.217. The Morgan fingerprint density at radius 3 is 2.60 bits per heavy atom. The molecule has 2 amide bonds. The topological polar surface area (TPSA) is 53.5 Å². The third-order valence-electron chi connectivity index (χ3n) is 6.25. The maximum absolute atomic E-state index is 13.5. The lowest BCUT2D eigenvalue weighted by molar-refractivity contribution is -0.136. The Kier molecular flexibility index (Phi) is 5.84. The van der Waals surface area contributed by atoms with Gasteiger partial charge in [0.25, 0.3) is 0 Å². The first-order chi connectivity index (χ1) is 14.4. The van der Waals surface area contributed by atoms with Crippen molar-refractivity contribution < 1.29 is 14.0 Å². The second-order valence-corrected chi connectivity index (χ2v) is 8.62. The summed E-state index contributed by atoms with van der Waals surface area (Å²) in [6.45, 7) is 3.92. The van der Waals surface area contributed by atoms with Gasteiger partial charge in [-0.3, -0.25) is 14.6 Å². The molecular weight excluding hydrogens is 381 g/mol. The highest BCUT2D eigenvalue weighted by atomic mass is 19.1. The molecule has 2 aromatic rings. The van der Waals surface area contributed by atoms with E-state index in [1.54, 1.807) is 24.1 Å². The van der Waals surface area contributed by atoms with Crippen LogP contribution < -0.4 is 0 Å². The predicted octanol–water partition coefficient (Wildman–Crippen LogP) is 3.30. The molecule has 0 aliphatic carbocycles. The molecule has 1 aromatic carbocycles. The maximum atomic E-state index is 13.5. The monoisotopic (exact) mass is 409 g/mol. The van der Waals surface area contributed by atoms with E-state index in [-0.39, 0.29) is 23.5 Å². The van der Waals surface area contributed by atoms with Crippen LogP contribution in [0, 0.1) is 18.7 Å². The Hall–Kier alpha value is -2.76. The standard InChI is InChI=1S/C24H28FN3O2/c1-16-10-18(11-17-4-3-5-21(25)12-17)13-22(26-16)19-6-8-28(9-7-19)24(30)20-14-23(29)27(2)15-20/h3-5,10,12-13,19-20H,6-9,11,14-15H2,1-2H3/t20-/m0/s1. The van der Waals surface area contributed by atoms with Crippen molar-refractivity contribution in [2.45, 2.75) is 38.5 Å². The third kappa shape index (κ3) is 4.53. The molecule has 30 heavy (non-hydrogen) atoms. The number of hydrogen-bond acceptors (Lipinski definition) is 3. The summed E-state index contributed by atoms with van der Waals surface area (Å²) in [5.74, 6) is 0.0565. The Bertz CT molecular complexity index is 953. The average molecular weight is 410 g/mol. The zero-order valence-electron chi connectivity index (χ0n) is 17.6. The van der Waals surface area contributed by atoms with Gasteiger partial charge in [-0.1, -0.05) is 12.1 Å². The quantitative estimate of drug-likeness (QED) is 0.779. The summed E-state index contributed by atoms with van der Waals surface area (Å²) in [5.41, 5.74) is 4.10. The SMILES string of the molecule is Cc1cc(Cc2cccc(F)c2)cc(C2CCN(C(=O)[C@H]3CC(=O)N(C)C3)CC2)n1. The molecule has 0 saturated carbocycles. The van der Waals surface area contributed by atoms with Gasteiger partial charge in [-0.15, -0.1) is 0 Å². The summed E-state index contributed by atoms with van der Waals surface area (Å²) in [6.07, 6.45) is 2.75. The minimum absolute atomic E-state index is 0.0537. The lowest BCUT2D eigenvalue weighted by Crippen LogP contribution is -2.42.